The van der Waals surface area contributed by atoms with Crippen LogP contribution in [0.4, 0.5) is 5.82 Å². The molecule has 1 atom stereocenters. The first-order valence-corrected chi connectivity index (χ1v) is 8.33. The molecule has 1 amide bonds. The van der Waals surface area contributed by atoms with E-state index in [-0.39, 0.29) is 11.9 Å². The van der Waals surface area contributed by atoms with Gasteiger partial charge in [-0.3, -0.25) is 4.79 Å². The van der Waals surface area contributed by atoms with Gasteiger partial charge in [-0.2, -0.15) is 10.2 Å². The molecule has 1 N–H and O–H groups in total. The number of hydrogen-bond donors (Lipinski definition) is 1. The average molecular weight is 337 g/mol. The Morgan fingerprint density at radius 1 is 1.28 bits per heavy atom. The predicted molar refractivity (Wildman–Crippen MR) is 92.8 cm³/mol. The van der Waals surface area contributed by atoms with Gasteiger partial charge in [0.05, 0.1) is 18.8 Å². The topological polar surface area (TPSA) is 74.0 Å². The summed E-state index contributed by atoms with van der Waals surface area (Å²) in [5, 5.41) is 11.6. The molecule has 0 saturated heterocycles. The number of rotatable bonds is 4. The van der Waals surface area contributed by atoms with Crippen molar-refractivity contribution in [2.45, 2.75) is 25.9 Å². The van der Waals surface area contributed by atoms with E-state index in [9.17, 15) is 4.79 Å². The zero-order chi connectivity index (χ0) is 17.2. The van der Waals surface area contributed by atoms with Crippen LogP contribution < -0.4 is 10.1 Å². The summed E-state index contributed by atoms with van der Waals surface area (Å²) in [5.74, 6) is 1.00. The van der Waals surface area contributed by atoms with E-state index in [0.717, 1.165) is 18.5 Å². The summed E-state index contributed by atoms with van der Waals surface area (Å²) in [6, 6.07) is 13.5. The number of aromatic nitrogens is 4. The molecular formula is C18H19N5O2. The molecule has 2 aromatic heterocycles. The van der Waals surface area contributed by atoms with Crippen molar-refractivity contribution in [2.75, 3.05) is 11.9 Å². The van der Waals surface area contributed by atoms with Crippen molar-refractivity contribution < 1.29 is 9.53 Å². The second-order valence-corrected chi connectivity index (χ2v) is 5.99. The third-order valence-electron chi connectivity index (χ3n) is 4.30. The number of hydrogen-bond acceptors (Lipinski definition) is 4. The summed E-state index contributed by atoms with van der Waals surface area (Å²) < 4.78 is 9.03. The quantitative estimate of drug-likeness (QED) is 0.794. The van der Waals surface area contributed by atoms with Gasteiger partial charge in [-0.1, -0.05) is 30.3 Å². The van der Waals surface area contributed by atoms with E-state index in [4.69, 9.17) is 4.74 Å². The van der Waals surface area contributed by atoms with Gasteiger partial charge in [-0.15, -0.1) is 0 Å². The number of benzene rings is 1. The Balaban J connectivity index is 1.54. The smallest absolute Gasteiger partial charge is 0.277 e. The van der Waals surface area contributed by atoms with Gasteiger partial charge in [0.25, 0.3) is 5.91 Å². The number of aryl methyl sites for hydroxylation is 1. The van der Waals surface area contributed by atoms with E-state index in [1.165, 1.54) is 0 Å². The third kappa shape index (κ3) is 3.00. The Hall–Kier alpha value is -3.09. The van der Waals surface area contributed by atoms with Crippen LogP contribution >= 0.6 is 0 Å². The lowest BCUT2D eigenvalue weighted by Crippen LogP contribution is -2.19. The number of carbonyl (C=O) groups is 1. The molecule has 1 aliphatic heterocycles. The summed E-state index contributed by atoms with van der Waals surface area (Å²) in [6.07, 6.45) is 2.58. The molecule has 0 saturated carbocycles. The van der Waals surface area contributed by atoms with Crippen molar-refractivity contribution >= 4 is 11.7 Å². The van der Waals surface area contributed by atoms with Crippen LogP contribution in [0.1, 0.15) is 35.4 Å². The van der Waals surface area contributed by atoms with Gasteiger partial charge in [-0.25, -0.2) is 9.36 Å². The van der Waals surface area contributed by atoms with Crippen molar-refractivity contribution in [1.82, 2.24) is 19.6 Å². The maximum absolute atomic E-state index is 12.6. The van der Waals surface area contributed by atoms with Crippen molar-refractivity contribution in [3.05, 3.63) is 59.9 Å². The molecule has 25 heavy (non-hydrogen) atoms. The van der Waals surface area contributed by atoms with Crippen LogP contribution in [0, 0.1) is 0 Å². The fourth-order valence-corrected chi connectivity index (χ4v) is 2.95. The van der Waals surface area contributed by atoms with Gasteiger partial charge in [-0.05, 0) is 12.5 Å². The molecule has 7 heteroatoms. The number of nitrogens with one attached hydrogen (secondary N) is 1. The predicted octanol–water partition coefficient (Wildman–Crippen LogP) is 2.72. The van der Waals surface area contributed by atoms with Crippen LogP contribution in [-0.4, -0.2) is 32.1 Å². The average Bonchev–Trinajstić information content (AvgIpc) is 3.28. The van der Waals surface area contributed by atoms with Crippen molar-refractivity contribution in [3.8, 4) is 5.88 Å². The van der Waals surface area contributed by atoms with E-state index in [0.29, 0.717) is 24.0 Å². The van der Waals surface area contributed by atoms with Crippen molar-refractivity contribution in [3.63, 3.8) is 0 Å². The van der Waals surface area contributed by atoms with E-state index < -0.39 is 0 Å². The molecule has 1 unspecified atom stereocenters. The maximum atomic E-state index is 12.6. The zero-order valence-corrected chi connectivity index (χ0v) is 13.9. The molecule has 3 aromatic rings. The largest absolute Gasteiger partial charge is 0.478 e. The lowest BCUT2D eigenvalue weighted by Gasteiger charge is -2.16. The fourth-order valence-electron chi connectivity index (χ4n) is 2.95. The van der Waals surface area contributed by atoms with Gasteiger partial charge >= 0.3 is 0 Å². The van der Waals surface area contributed by atoms with Gasteiger partial charge in [0.1, 0.15) is 5.82 Å². The standard InChI is InChI=1S/C18H19N5O2/c1-13(14-6-3-2-4-7-14)23-16(8-9-19-23)20-18(24)15-12-17-22(21-15)10-5-11-25-17/h2-4,6-9,12-13H,5,10-11H2,1H3,(H,20,24). The summed E-state index contributed by atoms with van der Waals surface area (Å²) in [4.78, 5) is 12.6. The van der Waals surface area contributed by atoms with Crippen molar-refractivity contribution in [1.29, 1.82) is 0 Å². The van der Waals surface area contributed by atoms with Crippen LogP contribution in [0.25, 0.3) is 0 Å². The highest BCUT2D eigenvalue weighted by Gasteiger charge is 2.20. The zero-order valence-electron chi connectivity index (χ0n) is 13.9. The highest BCUT2D eigenvalue weighted by molar-refractivity contribution is 6.02. The summed E-state index contributed by atoms with van der Waals surface area (Å²) in [6.45, 7) is 3.47. The summed E-state index contributed by atoms with van der Waals surface area (Å²) in [5.41, 5.74) is 1.46. The second kappa shape index (κ2) is 6.43. The summed E-state index contributed by atoms with van der Waals surface area (Å²) in [7, 11) is 0. The van der Waals surface area contributed by atoms with Crippen LogP contribution in [0.15, 0.2) is 48.7 Å². The Morgan fingerprint density at radius 3 is 2.92 bits per heavy atom. The molecule has 0 fully saturated rings. The number of anilines is 1. The molecule has 1 aromatic carbocycles. The van der Waals surface area contributed by atoms with Gasteiger partial charge < -0.3 is 10.1 Å². The molecule has 0 spiro atoms. The van der Waals surface area contributed by atoms with Crippen LogP contribution in [-0.2, 0) is 6.54 Å². The Labute approximate surface area is 145 Å². The molecular weight excluding hydrogens is 318 g/mol. The molecule has 4 rings (SSSR count). The van der Waals surface area contributed by atoms with Crippen LogP contribution in [0.2, 0.25) is 0 Å². The Kier molecular flexibility index (Phi) is 3.97. The minimum absolute atomic E-state index is 0.00466. The number of fused-ring (bicyclic) bond motifs is 1. The molecule has 128 valence electrons. The van der Waals surface area contributed by atoms with Gasteiger partial charge in [0.2, 0.25) is 5.88 Å². The van der Waals surface area contributed by atoms with Gasteiger partial charge in [0, 0.05) is 25.1 Å². The number of carbonyl (C=O) groups excluding carboxylic acids is 1. The monoisotopic (exact) mass is 337 g/mol. The fraction of sp³-hybridized carbons (Fsp3) is 0.278. The molecule has 3 heterocycles. The number of nitrogens with zero attached hydrogens (tertiary/aromatic N) is 4. The highest BCUT2D eigenvalue weighted by Crippen LogP contribution is 2.23. The molecule has 7 nitrogen and oxygen atoms in total. The number of ether oxygens (including phenoxy) is 1. The minimum Gasteiger partial charge on any atom is -0.478 e. The third-order valence-corrected chi connectivity index (χ3v) is 4.30. The van der Waals surface area contributed by atoms with E-state index >= 15 is 0 Å². The lowest BCUT2D eigenvalue weighted by molar-refractivity contribution is 0.102. The second-order valence-electron chi connectivity index (χ2n) is 5.99. The highest BCUT2D eigenvalue weighted by atomic mass is 16.5. The summed E-state index contributed by atoms with van der Waals surface area (Å²) >= 11 is 0. The first-order chi connectivity index (χ1) is 12.2. The Morgan fingerprint density at radius 2 is 2.12 bits per heavy atom. The maximum Gasteiger partial charge on any atom is 0.277 e. The SMILES string of the molecule is CC(c1ccccc1)n1nccc1NC(=O)c1cc2n(n1)CCCO2. The normalized spacial score (nSPS) is 14.4. The lowest BCUT2D eigenvalue weighted by atomic mass is 10.1. The Bertz CT molecular complexity index is 861. The van der Waals surface area contributed by atoms with E-state index in [1.54, 1.807) is 27.7 Å². The van der Waals surface area contributed by atoms with Crippen molar-refractivity contribution in [2.24, 2.45) is 0 Å². The van der Waals surface area contributed by atoms with Crippen LogP contribution in [0.5, 0.6) is 5.88 Å². The minimum atomic E-state index is -0.271. The molecule has 1 aliphatic rings. The van der Waals surface area contributed by atoms with E-state index in [2.05, 4.69) is 15.5 Å². The first kappa shape index (κ1) is 15.4. The first-order valence-electron chi connectivity index (χ1n) is 8.33. The van der Waals surface area contributed by atoms with E-state index in [1.807, 2.05) is 37.3 Å². The number of amides is 1. The molecule has 0 radical (unpaired) electrons. The molecule has 0 aliphatic carbocycles. The molecule has 0 bridgehead atoms. The van der Waals surface area contributed by atoms with Crippen LogP contribution in [0.3, 0.4) is 0 Å². The van der Waals surface area contributed by atoms with Gasteiger partial charge in [0.15, 0.2) is 5.69 Å².